The second-order valence-electron chi connectivity index (χ2n) is 6.57. The topological polar surface area (TPSA) is 96.0 Å². The zero-order valence-electron chi connectivity index (χ0n) is 14.4. The van der Waals surface area contributed by atoms with Gasteiger partial charge in [0.1, 0.15) is 11.3 Å². The van der Waals surface area contributed by atoms with Crippen LogP contribution in [0.2, 0.25) is 0 Å². The van der Waals surface area contributed by atoms with Gasteiger partial charge in [-0.15, -0.1) is 5.10 Å². The number of rotatable bonds is 1. The smallest absolute Gasteiger partial charge is 0.163 e. The average Bonchev–Trinajstić information content (AvgIpc) is 3.35. The van der Waals surface area contributed by atoms with Gasteiger partial charge < -0.3 is 4.98 Å². The van der Waals surface area contributed by atoms with E-state index in [1.54, 1.807) is 6.20 Å². The van der Waals surface area contributed by atoms with Crippen molar-refractivity contribution in [2.75, 3.05) is 0 Å². The summed E-state index contributed by atoms with van der Waals surface area (Å²) >= 11 is 0. The number of H-pyrrole nitrogens is 2. The summed E-state index contributed by atoms with van der Waals surface area (Å²) in [7, 11) is 1.99. The molecule has 0 amide bonds. The Labute approximate surface area is 153 Å². The van der Waals surface area contributed by atoms with Gasteiger partial charge in [-0.05, 0) is 35.9 Å². The fraction of sp³-hybridized carbons (Fsp3) is 0. The summed E-state index contributed by atoms with van der Waals surface area (Å²) in [5, 5.41) is 13.0. The Balaban J connectivity index is 1.79. The van der Waals surface area contributed by atoms with E-state index in [1.165, 1.54) is 0 Å². The molecule has 126 valence electrons. The van der Waals surface area contributed by atoms with Crippen LogP contribution < -0.4 is 5.59 Å². The molecule has 4 heterocycles. The lowest BCUT2D eigenvalue weighted by molar-refractivity contribution is 0.959. The van der Waals surface area contributed by atoms with Crippen LogP contribution in [0.25, 0.3) is 55.3 Å². The number of nitrogens with zero attached hydrogens (tertiary/aromatic N) is 5. The molecule has 0 saturated carbocycles. The normalized spacial score (nSPS) is 11.9. The van der Waals surface area contributed by atoms with Crippen molar-refractivity contribution in [3.05, 3.63) is 48.7 Å². The Morgan fingerprint density at radius 3 is 2.74 bits per heavy atom. The van der Waals surface area contributed by atoms with Gasteiger partial charge in [0.2, 0.25) is 0 Å². The van der Waals surface area contributed by atoms with Crippen molar-refractivity contribution in [2.24, 2.45) is 0 Å². The van der Waals surface area contributed by atoms with Crippen LogP contribution in [-0.2, 0) is 0 Å². The molecular weight excluding hydrogens is 337 g/mol. The largest absolute Gasteiger partial charge is 0.337 e. The summed E-state index contributed by atoms with van der Waals surface area (Å²) in [4.78, 5) is 17.7. The van der Waals surface area contributed by atoms with Crippen molar-refractivity contribution in [3.63, 3.8) is 0 Å². The summed E-state index contributed by atoms with van der Waals surface area (Å²) in [5.41, 5.74) is 7.14. The third-order valence-electron chi connectivity index (χ3n) is 4.91. The lowest BCUT2D eigenvalue weighted by atomic mass is 10.0. The standard InChI is InChI=1S/C19H12BN7/c20-13-7-6-10-16(22-13)15-9(4-2-8-21-15)17-18(10)24-19(23-17)11-3-1-5-12-14(11)26-27-25-12/h1-8H,20H2,(H,23,24)(H,25,26,27). The molecule has 4 aromatic heterocycles. The first-order valence-corrected chi connectivity index (χ1v) is 8.63. The highest BCUT2D eigenvalue weighted by atomic mass is 15.3. The molecule has 6 aromatic rings. The molecule has 0 aliphatic carbocycles. The maximum atomic E-state index is 4.91. The molecule has 27 heavy (non-hydrogen) atoms. The minimum Gasteiger partial charge on any atom is -0.337 e. The van der Waals surface area contributed by atoms with E-state index in [9.17, 15) is 0 Å². The summed E-state index contributed by atoms with van der Waals surface area (Å²) in [5.74, 6) is 0.764. The van der Waals surface area contributed by atoms with Gasteiger partial charge in [0.15, 0.2) is 7.85 Å². The number of imidazole rings is 1. The second-order valence-corrected chi connectivity index (χ2v) is 6.57. The summed E-state index contributed by atoms with van der Waals surface area (Å²) in [6.07, 6.45) is 1.79. The van der Waals surface area contributed by atoms with Gasteiger partial charge in [0.25, 0.3) is 0 Å². The Hall–Kier alpha value is -3.81. The number of hydrogen-bond donors (Lipinski definition) is 2. The first-order valence-electron chi connectivity index (χ1n) is 8.63. The molecule has 0 spiro atoms. The maximum Gasteiger partial charge on any atom is 0.163 e. The number of benzene rings is 2. The summed E-state index contributed by atoms with van der Waals surface area (Å²) in [6, 6.07) is 13.9. The SMILES string of the molecule is Bc1ccc2c(n1)c1ncccc1c1nc(-c3cccc4nn[nH]c34)[nH]c21. The summed E-state index contributed by atoms with van der Waals surface area (Å²) < 4.78 is 0. The van der Waals surface area contributed by atoms with E-state index < -0.39 is 0 Å². The monoisotopic (exact) mass is 349 g/mol. The number of nitrogens with one attached hydrogen (secondary N) is 2. The predicted octanol–water partition coefficient (Wildman–Crippen LogP) is 1.86. The number of para-hydroxylation sites is 1. The lowest BCUT2D eigenvalue weighted by Crippen LogP contribution is -2.07. The number of fused-ring (bicyclic) bond motifs is 7. The van der Waals surface area contributed by atoms with Gasteiger partial charge in [-0.3, -0.25) is 15.1 Å². The number of pyridine rings is 2. The van der Waals surface area contributed by atoms with Crippen LogP contribution in [0.5, 0.6) is 0 Å². The van der Waals surface area contributed by atoms with Crippen molar-refractivity contribution in [1.29, 1.82) is 0 Å². The van der Waals surface area contributed by atoms with Crippen LogP contribution in [0.1, 0.15) is 0 Å². The molecular formula is C19H12BN7. The minimum atomic E-state index is 0.764. The molecule has 0 bridgehead atoms. The summed E-state index contributed by atoms with van der Waals surface area (Å²) in [6.45, 7) is 0. The lowest BCUT2D eigenvalue weighted by Gasteiger charge is -2.05. The van der Waals surface area contributed by atoms with E-state index in [0.717, 1.165) is 60.9 Å². The van der Waals surface area contributed by atoms with Crippen molar-refractivity contribution in [3.8, 4) is 11.4 Å². The number of hydrogen-bond acceptors (Lipinski definition) is 5. The molecule has 0 atom stereocenters. The van der Waals surface area contributed by atoms with E-state index in [0.29, 0.717) is 0 Å². The van der Waals surface area contributed by atoms with Crippen molar-refractivity contribution >= 4 is 57.3 Å². The minimum absolute atomic E-state index is 0.764. The van der Waals surface area contributed by atoms with Crippen molar-refractivity contribution in [1.82, 2.24) is 35.3 Å². The maximum absolute atomic E-state index is 4.91. The Kier molecular flexibility index (Phi) is 2.72. The molecule has 0 saturated heterocycles. The molecule has 2 N–H and O–H groups in total. The molecule has 0 unspecified atom stereocenters. The fourth-order valence-electron chi connectivity index (χ4n) is 3.68. The Morgan fingerprint density at radius 2 is 1.78 bits per heavy atom. The predicted molar refractivity (Wildman–Crippen MR) is 108 cm³/mol. The molecule has 0 fully saturated rings. The van der Waals surface area contributed by atoms with Gasteiger partial charge in [-0.1, -0.05) is 17.3 Å². The molecule has 0 aliphatic rings. The van der Waals surface area contributed by atoms with Gasteiger partial charge in [0, 0.05) is 22.5 Å². The molecule has 6 rings (SSSR count). The highest BCUT2D eigenvalue weighted by molar-refractivity contribution is 6.32. The van der Waals surface area contributed by atoms with E-state index >= 15 is 0 Å². The highest BCUT2D eigenvalue weighted by Gasteiger charge is 2.17. The van der Waals surface area contributed by atoms with Crippen LogP contribution in [0, 0.1) is 0 Å². The van der Waals surface area contributed by atoms with Crippen molar-refractivity contribution < 1.29 is 0 Å². The van der Waals surface area contributed by atoms with Gasteiger partial charge in [-0.25, -0.2) is 4.98 Å². The fourth-order valence-corrected chi connectivity index (χ4v) is 3.68. The zero-order chi connectivity index (χ0) is 18.0. The van der Waals surface area contributed by atoms with E-state index in [1.807, 2.05) is 44.2 Å². The number of aromatic amines is 2. The molecule has 8 heteroatoms. The molecule has 7 nitrogen and oxygen atoms in total. The Morgan fingerprint density at radius 1 is 0.815 bits per heavy atom. The van der Waals surface area contributed by atoms with Crippen LogP contribution in [0.3, 0.4) is 0 Å². The number of aromatic nitrogens is 7. The van der Waals surface area contributed by atoms with E-state index in [2.05, 4.69) is 31.4 Å². The first-order chi connectivity index (χ1) is 13.3. The molecule has 0 aliphatic heterocycles. The van der Waals surface area contributed by atoms with E-state index in [4.69, 9.17) is 9.97 Å². The van der Waals surface area contributed by atoms with E-state index in [-0.39, 0.29) is 0 Å². The van der Waals surface area contributed by atoms with Gasteiger partial charge in [-0.2, -0.15) is 0 Å². The zero-order valence-corrected chi connectivity index (χ0v) is 14.4. The average molecular weight is 349 g/mol. The Bertz CT molecular complexity index is 1500. The quantitative estimate of drug-likeness (QED) is 0.349. The third-order valence-corrected chi connectivity index (χ3v) is 4.91. The van der Waals surface area contributed by atoms with Crippen LogP contribution in [0.4, 0.5) is 0 Å². The third kappa shape index (κ3) is 1.95. The molecule has 2 aromatic carbocycles. The highest BCUT2D eigenvalue weighted by Crippen LogP contribution is 2.34. The van der Waals surface area contributed by atoms with Crippen LogP contribution in [-0.4, -0.2) is 43.2 Å². The van der Waals surface area contributed by atoms with Crippen LogP contribution in [0.15, 0.2) is 48.7 Å². The van der Waals surface area contributed by atoms with Crippen LogP contribution >= 0.6 is 0 Å². The first kappa shape index (κ1) is 14.4. The van der Waals surface area contributed by atoms with Gasteiger partial charge >= 0.3 is 0 Å². The van der Waals surface area contributed by atoms with Gasteiger partial charge in [0.05, 0.1) is 27.6 Å². The second kappa shape index (κ2) is 5.10. The van der Waals surface area contributed by atoms with Crippen molar-refractivity contribution in [2.45, 2.75) is 0 Å². The molecule has 0 radical (unpaired) electrons.